The molecule has 0 N–H and O–H groups in total. The summed E-state index contributed by atoms with van der Waals surface area (Å²) in [5.74, 6) is -1.06. The number of anilines is 1. The molecule has 0 aliphatic carbocycles. The molecule has 0 heterocycles. The van der Waals surface area contributed by atoms with Crippen molar-refractivity contribution in [2.24, 2.45) is 0 Å². The van der Waals surface area contributed by atoms with Crippen LogP contribution in [0.5, 0.6) is 0 Å². The SMILES string of the molecule is CCOCCN(CC)c1c(F)cc(CCl)cc1F. The van der Waals surface area contributed by atoms with Gasteiger partial charge in [-0.05, 0) is 31.5 Å². The monoisotopic (exact) mass is 277 g/mol. The van der Waals surface area contributed by atoms with Crippen LogP contribution in [0, 0.1) is 11.6 Å². The average molecular weight is 278 g/mol. The lowest BCUT2D eigenvalue weighted by Crippen LogP contribution is -2.29. The maximum absolute atomic E-state index is 13.9. The highest BCUT2D eigenvalue weighted by Gasteiger charge is 2.16. The Hall–Kier alpha value is -0.870. The second-order valence-corrected chi connectivity index (χ2v) is 4.09. The molecule has 1 aromatic carbocycles. The van der Waals surface area contributed by atoms with Gasteiger partial charge < -0.3 is 9.64 Å². The highest BCUT2D eigenvalue weighted by atomic mass is 35.5. The molecule has 0 saturated heterocycles. The van der Waals surface area contributed by atoms with E-state index in [2.05, 4.69) is 0 Å². The molecule has 0 spiro atoms. The van der Waals surface area contributed by atoms with Crippen molar-refractivity contribution in [2.45, 2.75) is 19.7 Å². The minimum Gasteiger partial charge on any atom is -0.380 e. The van der Waals surface area contributed by atoms with Crippen LogP contribution >= 0.6 is 11.6 Å². The highest BCUT2D eigenvalue weighted by molar-refractivity contribution is 6.17. The number of rotatable bonds is 7. The van der Waals surface area contributed by atoms with Crippen LogP contribution in [0.3, 0.4) is 0 Å². The Labute approximate surface area is 111 Å². The van der Waals surface area contributed by atoms with E-state index in [0.717, 1.165) is 0 Å². The van der Waals surface area contributed by atoms with Gasteiger partial charge >= 0.3 is 0 Å². The first kappa shape index (κ1) is 15.2. The van der Waals surface area contributed by atoms with E-state index < -0.39 is 11.6 Å². The molecule has 0 amide bonds. The third kappa shape index (κ3) is 3.82. The molecule has 0 unspecified atom stereocenters. The summed E-state index contributed by atoms with van der Waals surface area (Å²) in [5, 5.41) is 0. The molecule has 0 aliphatic rings. The lowest BCUT2D eigenvalue weighted by molar-refractivity contribution is 0.154. The molecular weight excluding hydrogens is 260 g/mol. The van der Waals surface area contributed by atoms with E-state index in [1.54, 1.807) is 4.90 Å². The summed E-state index contributed by atoms with van der Waals surface area (Å²) in [6.45, 7) is 5.74. The maximum atomic E-state index is 13.9. The van der Waals surface area contributed by atoms with Crippen LogP contribution in [-0.2, 0) is 10.6 Å². The summed E-state index contributed by atoms with van der Waals surface area (Å²) in [4.78, 5) is 1.62. The molecule has 102 valence electrons. The topological polar surface area (TPSA) is 12.5 Å². The Morgan fingerprint density at radius 3 is 2.28 bits per heavy atom. The average Bonchev–Trinajstić information content (AvgIpc) is 2.35. The molecule has 18 heavy (non-hydrogen) atoms. The molecule has 0 bridgehead atoms. The summed E-state index contributed by atoms with van der Waals surface area (Å²) >= 11 is 5.57. The lowest BCUT2D eigenvalue weighted by atomic mass is 10.2. The Balaban J connectivity index is 2.91. The van der Waals surface area contributed by atoms with Crippen LogP contribution in [0.25, 0.3) is 0 Å². The van der Waals surface area contributed by atoms with Crippen LogP contribution in [0.15, 0.2) is 12.1 Å². The molecule has 0 saturated carbocycles. The number of halogens is 3. The Bertz CT molecular complexity index is 364. The first-order valence-electron chi connectivity index (χ1n) is 6.00. The zero-order valence-electron chi connectivity index (χ0n) is 10.7. The van der Waals surface area contributed by atoms with E-state index in [1.807, 2.05) is 13.8 Å². The Morgan fingerprint density at radius 2 is 1.83 bits per heavy atom. The van der Waals surface area contributed by atoms with Crippen LogP contribution in [0.1, 0.15) is 19.4 Å². The van der Waals surface area contributed by atoms with E-state index in [4.69, 9.17) is 16.3 Å². The van der Waals surface area contributed by atoms with Crippen molar-refractivity contribution in [3.05, 3.63) is 29.3 Å². The quantitative estimate of drug-likeness (QED) is 0.558. The molecule has 0 radical (unpaired) electrons. The normalized spacial score (nSPS) is 10.7. The van der Waals surface area contributed by atoms with Crippen LogP contribution in [0.4, 0.5) is 14.5 Å². The van der Waals surface area contributed by atoms with E-state index in [-0.39, 0.29) is 11.6 Å². The van der Waals surface area contributed by atoms with Gasteiger partial charge in [-0.15, -0.1) is 11.6 Å². The summed E-state index contributed by atoms with van der Waals surface area (Å²) < 4.78 is 32.9. The van der Waals surface area contributed by atoms with Gasteiger partial charge in [0.2, 0.25) is 0 Å². The minimum absolute atomic E-state index is 0.00827. The standard InChI is InChI=1S/C13H18ClF2NO/c1-3-17(5-6-18-4-2)13-11(15)7-10(9-14)8-12(13)16/h7-8H,3-6,9H2,1-2H3. The van der Waals surface area contributed by atoms with Crippen LogP contribution in [-0.4, -0.2) is 26.3 Å². The third-order valence-corrected chi connectivity index (χ3v) is 2.95. The van der Waals surface area contributed by atoms with Gasteiger partial charge in [0.1, 0.15) is 17.3 Å². The van der Waals surface area contributed by atoms with Crippen molar-refractivity contribution in [3.63, 3.8) is 0 Å². The van der Waals surface area contributed by atoms with E-state index in [1.165, 1.54) is 12.1 Å². The Morgan fingerprint density at radius 1 is 1.22 bits per heavy atom. The smallest absolute Gasteiger partial charge is 0.149 e. The summed E-state index contributed by atoms with van der Waals surface area (Å²) in [6.07, 6.45) is 0. The van der Waals surface area contributed by atoms with E-state index in [9.17, 15) is 8.78 Å². The fraction of sp³-hybridized carbons (Fsp3) is 0.538. The fourth-order valence-corrected chi connectivity index (χ4v) is 1.90. The maximum Gasteiger partial charge on any atom is 0.149 e. The molecule has 0 aliphatic heterocycles. The van der Waals surface area contributed by atoms with Gasteiger partial charge in [-0.3, -0.25) is 0 Å². The first-order valence-corrected chi connectivity index (χ1v) is 6.54. The first-order chi connectivity index (χ1) is 8.63. The number of alkyl halides is 1. The molecule has 1 aromatic rings. The van der Waals surface area contributed by atoms with Gasteiger partial charge in [-0.25, -0.2) is 8.78 Å². The van der Waals surface area contributed by atoms with E-state index >= 15 is 0 Å². The van der Waals surface area contributed by atoms with Gasteiger partial charge in [-0.2, -0.15) is 0 Å². The number of hydrogen-bond donors (Lipinski definition) is 0. The predicted molar refractivity (Wildman–Crippen MR) is 70.3 cm³/mol. The molecular formula is C13H18ClF2NO. The summed E-state index contributed by atoms with van der Waals surface area (Å²) in [6, 6.07) is 2.55. The minimum atomic E-state index is -0.580. The third-order valence-electron chi connectivity index (χ3n) is 2.64. The molecule has 0 aromatic heterocycles. The van der Waals surface area contributed by atoms with Crippen LogP contribution in [0.2, 0.25) is 0 Å². The summed E-state index contributed by atoms with van der Waals surface area (Å²) in [5.41, 5.74) is 0.433. The van der Waals surface area contributed by atoms with Crippen molar-refractivity contribution in [2.75, 3.05) is 31.2 Å². The van der Waals surface area contributed by atoms with Crippen molar-refractivity contribution in [1.29, 1.82) is 0 Å². The number of nitrogens with zero attached hydrogens (tertiary/aromatic N) is 1. The number of hydrogen-bond acceptors (Lipinski definition) is 2. The highest BCUT2D eigenvalue weighted by Crippen LogP contribution is 2.25. The van der Waals surface area contributed by atoms with E-state index in [0.29, 0.717) is 31.9 Å². The predicted octanol–water partition coefficient (Wildman–Crippen LogP) is 3.57. The fourth-order valence-electron chi connectivity index (χ4n) is 1.74. The largest absolute Gasteiger partial charge is 0.380 e. The van der Waals surface area contributed by atoms with Gasteiger partial charge in [-0.1, -0.05) is 0 Å². The zero-order valence-corrected chi connectivity index (χ0v) is 11.4. The summed E-state index contributed by atoms with van der Waals surface area (Å²) in [7, 11) is 0. The number of likely N-dealkylation sites (N-methyl/N-ethyl adjacent to an activating group) is 1. The molecule has 0 fully saturated rings. The number of ether oxygens (including phenoxy) is 1. The van der Waals surface area contributed by atoms with Crippen molar-refractivity contribution >= 4 is 17.3 Å². The Kier molecular flexibility index (Phi) is 6.36. The van der Waals surface area contributed by atoms with Crippen molar-refractivity contribution < 1.29 is 13.5 Å². The molecule has 5 heteroatoms. The van der Waals surface area contributed by atoms with Crippen molar-refractivity contribution in [1.82, 2.24) is 0 Å². The van der Waals surface area contributed by atoms with Gasteiger partial charge in [0.15, 0.2) is 0 Å². The van der Waals surface area contributed by atoms with Crippen LogP contribution < -0.4 is 4.90 Å². The number of benzene rings is 1. The van der Waals surface area contributed by atoms with Gasteiger partial charge in [0.05, 0.1) is 6.61 Å². The zero-order chi connectivity index (χ0) is 13.5. The molecule has 2 nitrogen and oxygen atoms in total. The lowest BCUT2D eigenvalue weighted by Gasteiger charge is -2.24. The van der Waals surface area contributed by atoms with Gasteiger partial charge in [0, 0.05) is 25.6 Å². The van der Waals surface area contributed by atoms with Gasteiger partial charge in [0.25, 0.3) is 0 Å². The molecule has 0 atom stereocenters. The second-order valence-electron chi connectivity index (χ2n) is 3.82. The van der Waals surface area contributed by atoms with Crippen molar-refractivity contribution in [3.8, 4) is 0 Å². The molecule has 1 rings (SSSR count). The second kappa shape index (κ2) is 7.54.